The number of nitrogens with zero attached hydrogens (tertiary/aromatic N) is 5. The van der Waals surface area contributed by atoms with Crippen molar-refractivity contribution in [2.75, 3.05) is 33.0 Å². The molecule has 0 spiro atoms. The zero-order valence-electron chi connectivity index (χ0n) is 20.9. The molecule has 10 heteroatoms. The van der Waals surface area contributed by atoms with Crippen LogP contribution in [0.2, 0.25) is 0 Å². The van der Waals surface area contributed by atoms with E-state index in [1.54, 1.807) is 31.0 Å². The number of anilines is 1. The Labute approximate surface area is 217 Å². The van der Waals surface area contributed by atoms with Crippen LogP contribution in [0.4, 0.5) is 10.1 Å². The maximum Gasteiger partial charge on any atom is 0.127 e. The molecule has 0 aliphatic heterocycles. The fourth-order valence-corrected chi connectivity index (χ4v) is 4.43. The van der Waals surface area contributed by atoms with Gasteiger partial charge in [0.05, 0.1) is 40.5 Å². The summed E-state index contributed by atoms with van der Waals surface area (Å²) in [6.45, 7) is 1.19. The van der Waals surface area contributed by atoms with E-state index < -0.39 is 0 Å². The lowest BCUT2D eigenvalue weighted by Crippen LogP contribution is -2.19. The van der Waals surface area contributed by atoms with Crippen LogP contribution in [-0.4, -0.2) is 62.3 Å². The van der Waals surface area contributed by atoms with Gasteiger partial charge in [0.2, 0.25) is 0 Å². The average Bonchev–Trinajstić information content (AvgIpc) is 3.51. The standard InChI is InChI=1S/C28H25FN8O/c1-37(2)3-4-38-20-7-16(5-18(29)8-20)23-13-32-14-26-21(23)9-25(34-26)28-22-10-24(33-15-27(22)35-36-28)17-6-19(30)12-31-11-17/h5-15,34H,3-4,30H2,1-2H3,(H,35,36). The molecule has 5 heterocycles. The number of halogens is 1. The first-order valence-electron chi connectivity index (χ1n) is 12.1. The van der Waals surface area contributed by atoms with Gasteiger partial charge in [-0.1, -0.05) is 0 Å². The Morgan fingerprint density at radius 1 is 0.895 bits per heavy atom. The number of pyridine rings is 3. The summed E-state index contributed by atoms with van der Waals surface area (Å²) in [4.78, 5) is 18.5. The van der Waals surface area contributed by atoms with Gasteiger partial charge in [0.1, 0.15) is 23.9 Å². The van der Waals surface area contributed by atoms with Crippen molar-refractivity contribution in [3.05, 3.63) is 73.2 Å². The highest BCUT2D eigenvalue weighted by atomic mass is 19.1. The molecule has 0 saturated carbocycles. The minimum Gasteiger partial charge on any atom is -0.492 e. The molecule has 0 atom stereocenters. The van der Waals surface area contributed by atoms with Gasteiger partial charge in [0.25, 0.3) is 0 Å². The SMILES string of the molecule is CN(C)CCOc1cc(F)cc(-c2cncc3[nH]c(-c4n[nH]c5cnc(-c6cncc(N)c6)cc45)cc23)c1. The predicted octanol–water partition coefficient (Wildman–Crippen LogP) is 4.89. The third-order valence-electron chi connectivity index (χ3n) is 6.29. The van der Waals surface area contributed by atoms with Gasteiger partial charge in [-0.3, -0.25) is 20.1 Å². The summed E-state index contributed by atoms with van der Waals surface area (Å²) in [5.41, 5.74) is 12.6. The summed E-state index contributed by atoms with van der Waals surface area (Å²) in [5, 5.41) is 9.39. The van der Waals surface area contributed by atoms with Crippen molar-refractivity contribution >= 4 is 27.5 Å². The molecule has 5 aromatic heterocycles. The normalized spacial score (nSPS) is 11.6. The van der Waals surface area contributed by atoms with Crippen LogP contribution in [0, 0.1) is 5.82 Å². The van der Waals surface area contributed by atoms with Gasteiger partial charge in [0, 0.05) is 53.1 Å². The number of fused-ring (bicyclic) bond motifs is 2. The molecule has 0 amide bonds. The summed E-state index contributed by atoms with van der Waals surface area (Å²) in [7, 11) is 3.93. The second-order valence-electron chi connectivity index (χ2n) is 9.35. The highest BCUT2D eigenvalue weighted by Gasteiger charge is 2.16. The zero-order chi connectivity index (χ0) is 26.2. The van der Waals surface area contributed by atoms with Crippen LogP contribution < -0.4 is 10.5 Å². The van der Waals surface area contributed by atoms with Crippen molar-refractivity contribution < 1.29 is 9.13 Å². The molecule has 0 unspecified atom stereocenters. The second-order valence-corrected chi connectivity index (χ2v) is 9.35. The van der Waals surface area contributed by atoms with Crippen molar-refractivity contribution in [3.8, 4) is 39.5 Å². The number of H-pyrrole nitrogens is 2. The molecule has 190 valence electrons. The third-order valence-corrected chi connectivity index (χ3v) is 6.29. The highest BCUT2D eigenvalue weighted by Crippen LogP contribution is 2.35. The van der Waals surface area contributed by atoms with Crippen LogP contribution in [-0.2, 0) is 0 Å². The molecule has 0 saturated heterocycles. The third kappa shape index (κ3) is 4.53. The molecule has 9 nitrogen and oxygen atoms in total. The van der Waals surface area contributed by atoms with E-state index in [9.17, 15) is 4.39 Å². The molecular formula is C28H25FN8O. The molecule has 6 aromatic rings. The van der Waals surface area contributed by atoms with E-state index in [0.29, 0.717) is 23.6 Å². The first-order valence-corrected chi connectivity index (χ1v) is 12.1. The molecular weight excluding hydrogens is 483 g/mol. The Morgan fingerprint density at radius 2 is 1.76 bits per heavy atom. The molecule has 0 aliphatic carbocycles. The van der Waals surface area contributed by atoms with Crippen molar-refractivity contribution in [1.82, 2.24) is 35.0 Å². The molecule has 0 bridgehead atoms. The van der Waals surface area contributed by atoms with Crippen molar-refractivity contribution in [3.63, 3.8) is 0 Å². The van der Waals surface area contributed by atoms with E-state index in [2.05, 4.69) is 30.1 Å². The number of aromatic nitrogens is 6. The van der Waals surface area contributed by atoms with E-state index in [1.807, 2.05) is 43.3 Å². The summed E-state index contributed by atoms with van der Waals surface area (Å²) in [6.07, 6.45) is 8.54. The predicted molar refractivity (Wildman–Crippen MR) is 146 cm³/mol. The number of rotatable bonds is 7. The quantitative estimate of drug-likeness (QED) is 0.281. The Balaban J connectivity index is 1.40. The van der Waals surface area contributed by atoms with Crippen molar-refractivity contribution in [1.29, 1.82) is 0 Å². The Bertz CT molecular complexity index is 1770. The van der Waals surface area contributed by atoms with E-state index in [1.165, 1.54) is 12.1 Å². The molecule has 0 radical (unpaired) electrons. The van der Waals surface area contributed by atoms with E-state index in [-0.39, 0.29) is 5.82 Å². The fourth-order valence-electron chi connectivity index (χ4n) is 4.43. The highest BCUT2D eigenvalue weighted by molar-refractivity contribution is 6.01. The van der Waals surface area contributed by atoms with Crippen molar-refractivity contribution in [2.24, 2.45) is 0 Å². The summed E-state index contributed by atoms with van der Waals surface area (Å²) < 4.78 is 20.4. The molecule has 38 heavy (non-hydrogen) atoms. The number of nitrogens with two attached hydrogens (primary N) is 1. The fraction of sp³-hybridized carbons (Fsp3) is 0.143. The molecule has 0 fully saturated rings. The largest absolute Gasteiger partial charge is 0.492 e. The lowest BCUT2D eigenvalue weighted by molar-refractivity contribution is 0.260. The lowest BCUT2D eigenvalue weighted by Gasteiger charge is -2.12. The number of nitrogens with one attached hydrogen (secondary N) is 2. The number of aromatic amines is 2. The zero-order valence-corrected chi connectivity index (χ0v) is 20.9. The van der Waals surface area contributed by atoms with Crippen LogP contribution in [0.3, 0.4) is 0 Å². The summed E-state index contributed by atoms with van der Waals surface area (Å²) in [5.74, 6) is 0.105. The minimum atomic E-state index is -0.371. The number of hydrogen-bond acceptors (Lipinski definition) is 7. The first-order chi connectivity index (χ1) is 18.4. The second kappa shape index (κ2) is 9.56. The maximum absolute atomic E-state index is 14.6. The lowest BCUT2D eigenvalue weighted by atomic mass is 10.0. The number of ether oxygens (including phenoxy) is 1. The van der Waals surface area contributed by atoms with Crippen LogP contribution >= 0.6 is 0 Å². The van der Waals surface area contributed by atoms with E-state index in [4.69, 9.17) is 10.5 Å². The van der Waals surface area contributed by atoms with Gasteiger partial charge in [-0.05, 0) is 50.0 Å². The molecule has 1 aromatic carbocycles. The van der Waals surface area contributed by atoms with Crippen LogP contribution in [0.15, 0.2) is 67.4 Å². The molecule has 6 rings (SSSR count). The number of benzene rings is 1. The van der Waals surface area contributed by atoms with Crippen LogP contribution in [0.25, 0.3) is 55.6 Å². The summed E-state index contributed by atoms with van der Waals surface area (Å²) in [6, 6.07) is 10.5. The number of nitrogen functional groups attached to an aromatic ring is 1. The maximum atomic E-state index is 14.6. The van der Waals surface area contributed by atoms with Crippen LogP contribution in [0.1, 0.15) is 0 Å². The van der Waals surface area contributed by atoms with Crippen molar-refractivity contribution in [2.45, 2.75) is 0 Å². The van der Waals surface area contributed by atoms with Gasteiger partial charge < -0.3 is 20.4 Å². The van der Waals surface area contributed by atoms with Crippen LogP contribution in [0.5, 0.6) is 5.75 Å². The number of likely N-dealkylation sites (N-methyl/N-ethyl adjacent to an activating group) is 1. The van der Waals surface area contributed by atoms with Gasteiger partial charge in [0.15, 0.2) is 0 Å². The van der Waals surface area contributed by atoms with Gasteiger partial charge in [-0.25, -0.2) is 4.39 Å². The molecule has 0 aliphatic rings. The number of hydrogen-bond donors (Lipinski definition) is 3. The van der Waals surface area contributed by atoms with Gasteiger partial charge in [-0.2, -0.15) is 5.10 Å². The average molecular weight is 509 g/mol. The van der Waals surface area contributed by atoms with Gasteiger partial charge in [-0.15, -0.1) is 0 Å². The summed E-state index contributed by atoms with van der Waals surface area (Å²) >= 11 is 0. The first kappa shape index (κ1) is 23.6. The minimum absolute atomic E-state index is 0.371. The Kier molecular flexibility index (Phi) is 5.93. The van der Waals surface area contributed by atoms with E-state index in [0.717, 1.165) is 56.6 Å². The Hall–Kier alpha value is -4.83. The molecule has 4 N–H and O–H groups in total. The smallest absolute Gasteiger partial charge is 0.127 e. The van der Waals surface area contributed by atoms with Gasteiger partial charge >= 0.3 is 0 Å². The Morgan fingerprint density at radius 3 is 2.61 bits per heavy atom. The monoisotopic (exact) mass is 508 g/mol. The van der Waals surface area contributed by atoms with E-state index >= 15 is 0 Å². The topological polar surface area (TPSA) is 122 Å².